The molecule has 1 unspecified atom stereocenters. The zero-order valence-corrected chi connectivity index (χ0v) is 12.3. The Bertz CT molecular complexity index is 464. The fourth-order valence-electron chi connectivity index (χ4n) is 2.35. The van der Waals surface area contributed by atoms with Crippen LogP contribution < -0.4 is 10.5 Å². The van der Waals surface area contributed by atoms with E-state index in [1.54, 1.807) is 7.11 Å². The quantitative estimate of drug-likeness (QED) is 0.653. The maximum atomic E-state index is 7.51. The van der Waals surface area contributed by atoms with Crippen LogP contribution in [-0.2, 0) is 6.54 Å². The number of nitrogens with zero attached hydrogens (tertiary/aromatic N) is 1. The number of rotatable bonds is 4. The SMILES string of the molecule is COc1cc(CN2CCSC(C)C2)ccc1C(=N)N. The highest BCUT2D eigenvalue weighted by molar-refractivity contribution is 7.99. The molecule has 1 aliphatic heterocycles. The fourth-order valence-corrected chi connectivity index (χ4v) is 3.43. The number of amidine groups is 1. The molecule has 4 nitrogen and oxygen atoms in total. The lowest BCUT2D eigenvalue weighted by Crippen LogP contribution is -2.36. The molecule has 1 aliphatic rings. The van der Waals surface area contributed by atoms with E-state index in [0.29, 0.717) is 16.6 Å². The zero-order chi connectivity index (χ0) is 13.8. The summed E-state index contributed by atoms with van der Waals surface area (Å²) in [6, 6.07) is 5.90. The Morgan fingerprint density at radius 3 is 3.00 bits per heavy atom. The summed E-state index contributed by atoms with van der Waals surface area (Å²) in [5, 5.41) is 8.21. The first-order valence-electron chi connectivity index (χ1n) is 6.45. The molecule has 1 fully saturated rings. The van der Waals surface area contributed by atoms with E-state index in [4.69, 9.17) is 15.9 Å². The number of ether oxygens (including phenoxy) is 1. The number of hydrogen-bond acceptors (Lipinski definition) is 4. The van der Waals surface area contributed by atoms with Gasteiger partial charge < -0.3 is 10.5 Å². The Morgan fingerprint density at radius 2 is 2.37 bits per heavy atom. The minimum Gasteiger partial charge on any atom is -0.496 e. The minimum atomic E-state index is 0.0476. The number of nitrogens with one attached hydrogen (secondary N) is 1. The summed E-state index contributed by atoms with van der Waals surface area (Å²) < 4.78 is 5.31. The van der Waals surface area contributed by atoms with Gasteiger partial charge >= 0.3 is 0 Å². The highest BCUT2D eigenvalue weighted by Gasteiger charge is 2.17. The van der Waals surface area contributed by atoms with Gasteiger partial charge in [0.2, 0.25) is 0 Å². The van der Waals surface area contributed by atoms with Crippen molar-refractivity contribution in [2.45, 2.75) is 18.7 Å². The van der Waals surface area contributed by atoms with E-state index in [-0.39, 0.29) is 5.84 Å². The number of benzene rings is 1. The molecular formula is C14H21N3OS. The summed E-state index contributed by atoms with van der Waals surface area (Å²) in [4.78, 5) is 2.46. The van der Waals surface area contributed by atoms with E-state index in [2.05, 4.69) is 11.8 Å². The molecule has 0 amide bonds. The van der Waals surface area contributed by atoms with Gasteiger partial charge in [-0.25, -0.2) is 0 Å². The van der Waals surface area contributed by atoms with Gasteiger partial charge in [-0.1, -0.05) is 13.0 Å². The van der Waals surface area contributed by atoms with E-state index in [9.17, 15) is 0 Å². The first-order chi connectivity index (χ1) is 9.10. The summed E-state index contributed by atoms with van der Waals surface area (Å²) in [7, 11) is 1.62. The number of hydrogen-bond donors (Lipinski definition) is 2. The Morgan fingerprint density at radius 1 is 1.58 bits per heavy atom. The molecule has 0 bridgehead atoms. The van der Waals surface area contributed by atoms with E-state index < -0.39 is 0 Å². The molecule has 0 saturated carbocycles. The van der Waals surface area contributed by atoms with Gasteiger partial charge in [-0.2, -0.15) is 11.8 Å². The molecule has 1 aromatic carbocycles. The zero-order valence-electron chi connectivity index (χ0n) is 11.5. The van der Waals surface area contributed by atoms with E-state index in [1.807, 2.05) is 30.0 Å². The Kier molecular flexibility index (Phi) is 4.71. The molecule has 1 saturated heterocycles. The largest absolute Gasteiger partial charge is 0.496 e. The third kappa shape index (κ3) is 3.64. The van der Waals surface area contributed by atoms with Crippen LogP contribution in [0.4, 0.5) is 0 Å². The van der Waals surface area contributed by atoms with Crippen LogP contribution in [0.15, 0.2) is 18.2 Å². The van der Waals surface area contributed by atoms with Crippen LogP contribution >= 0.6 is 11.8 Å². The lowest BCUT2D eigenvalue weighted by molar-refractivity contribution is 0.278. The third-order valence-corrected chi connectivity index (χ3v) is 4.42. The molecule has 104 valence electrons. The monoisotopic (exact) mass is 279 g/mol. The van der Waals surface area contributed by atoms with Crippen molar-refractivity contribution in [1.82, 2.24) is 4.90 Å². The molecule has 0 aliphatic carbocycles. The molecule has 0 radical (unpaired) electrons. The number of nitrogen functional groups attached to an aromatic ring is 1. The van der Waals surface area contributed by atoms with Crippen LogP contribution in [-0.4, -0.2) is 41.9 Å². The van der Waals surface area contributed by atoms with Crippen LogP contribution in [0.25, 0.3) is 0 Å². The Hall–Kier alpha value is -1.20. The van der Waals surface area contributed by atoms with Gasteiger partial charge in [0, 0.05) is 30.6 Å². The molecule has 19 heavy (non-hydrogen) atoms. The van der Waals surface area contributed by atoms with Crippen molar-refractivity contribution in [3.05, 3.63) is 29.3 Å². The maximum Gasteiger partial charge on any atom is 0.130 e. The first-order valence-corrected chi connectivity index (χ1v) is 7.50. The van der Waals surface area contributed by atoms with Crippen molar-refractivity contribution in [2.75, 3.05) is 26.0 Å². The first kappa shape index (κ1) is 14.2. The average Bonchev–Trinajstić information content (AvgIpc) is 2.38. The second kappa shape index (κ2) is 6.30. The lowest BCUT2D eigenvalue weighted by atomic mass is 10.1. The van der Waals surface area contributed by atoms with Crippen LogP contribution in [0.5, 0.6) is 5.75 Å². The van der Waals surface area contributed by atoms with Crippen LogP contribution in [0.1, 0.15) is 18.1 Å². The number of nitrogens with two attached hydrogens (primary N) is 1. The normalized spacial score (nSPS) is 20.2. The minimum absolute atomic E-state index is 0.0476. The van der Waals surface area contributed by atoms with E-state index in [1.165, 1.54) is 11.3 Å². The van der Waals surface area contributed by atoms with Gasteiger partial charge in [-0.3, -0.25) is 10.3 Å². The lowest BCUT2D eigenvalue weighted by Gasteiger charge is -2.30. The smallest absolute Gasteiger partial charge is 0.130 e. The molecule has 2 rings (SSSR count). The molecule has 1 aromatic rings. The summed E-state index contributed by atoms with van der Waals surface area (Å²) in [5.41, 5.74) is 7.40. The topological polar surface area (TPSA) is 62.3 Å². The van der Waals surface area contributed by atoms with Crippen LogP contribution in [0.2, 0.25) is 0 Å². The molecular weight excluding hydrogens is 258 g/mol. The molecule has 0 aromatic heterocycles. The van der Waals surface area contributed by atoms with Gasteiger partial charge in [0.15, 0.2) is 0 Å². The molecule has 3 N–H and O–H groups in total. The van der Waals surface area contributed by atoms with Gasteiger partial charge in [0.1, 0.15) is 11.6 Å². The molecule has 5 heteroatoms. The summed E-state index contributed by atoms with van der Waals surface area (Å²) in [5.74, 6) is 1.93. The van der Waals surface area contributed by atoms with Crippen LogP contribution in [0.3, 0.4) is 0 Å². The maximum absolute atomic E-state index is 7.51. The van der Waals surface area contributed by atoms with Crippen molar-refractivity contribution >= 4 is 17.6 Å². The highest BCUT2D eigenvalue weighted by Crippen LogP contribution is 2.23. The second-order valence-corrected chi connectivity index (χ2v) is 6.41. The van der Waals surface area contributed by atoms with E-state index >= 15 is 0 Å². The standard InChI is InChI=1S/C14H21N3OS/c1-10-8-17(5-6-19-10)9-11-3-4-12(14(15)16)13(7-11)18-2/h3-4,7,10H,5-6,8-9H2,1-2H3,(H3,15,16). The van der Waals surface area contributed by atoms with E-state index in [0.717, 1.165) is 19.6 Å². The Labute approximate surface area is 118 Å². The summed E-state index contributed by atoms with van der Waals surface area (Å²) in [6.45, 7) is 5.46. The van der Waals surface area contributed by atoms with Gasteiger partial charge in [-0.05, 0) is 17.7 Å². The third-order valence-electron chi connectivity index (χ3n) is 3.29. The van der Waals surface area contributed by atoms with Crippen molar-refractivity contribution in [3.63, 3.8) is 0 Å². The number of methoxy groups -OCH3 is 1. The van der Waals surface area contributed by atoms with Gasteiger partial charge in [0.05, 0.1) is 12.7 Å². The highest BCUT2D eigenvalue weighted by atomic mass is 32.2. The second-order valence-electron chi connectivity index (χ2n) is 4.86. The predicted octanol–water partition coefficient (Wildman–Crippen LogP) is 1.92. The predicted molar refractivity (Wildman–Crippen MR) is 81.2 cm³/mol. The number of thioether (sulfide) groups is 1. The Balaban J connectivity index is 2.10. The van der Waals surface area contributed by atoms with Crippen molar-refractivity contribution < 1.29 is 4.74 Å². The van der Waals surface area contributed by atoms with Crippen LogP contribution in [0, 0.1) is 5.41 Å². The van der Waals surface area contributed by atoms with Crippen molar-refractivity contribution in [2.24, 2.45) is 5.73 Å². The fraction of sp³-hybridized carbons (Fsp3) is 0.500. The van der Waals surface area contributed by atoms with Gasteiger partial charge in [0.25, 0.3) is 0 Å². The van der Waals surface area contributed by atoms with Gasteiger partial charge in [-0.15, -0.1) is 0 Å². The summed E-state index contributed by atoms with van der Waals surface area (Å²) >= 11 is 2.04. The van der Waals surface area contributed by atoms with Crippen molar-refractivity contribution in [1.29, 1.82) is 5.41 Å². The molecule has 1 atom stereocenters. The molecule has 0 spiro atoms. The summed E-state index contributed by atoms with van der Waals surface area (Å²) in [6.07, 6.45) is 0. The van der Waals surface area contributed by atoms with Crippen molar-refractivity contribution in [3.8, 4) is 5.75 Å². The average molecular weight is 279 g/mol. The molecule has 1 heterocycles.